The molecule has 0 aliphatic carbocycles. The molecule has 0 aliphatic rings. The summed E-state index contributed by atoms with van der Waals surface area (Å²) < 4.78 is 83.0. The number of hydrogen-bond acceptors (Lipinski definition) is 6. The Hall–Kier alpha value is -2.44. The average Bonchev–Trinajstić information content (AvgIpc) is 2.93. The predicted octanol–water partition coefficient (Wildman–Crippen LogP) is 7.33. The van der Waals surface area contributed by atoms with Crippen LogP contribution in [0.5, 0.6) is 0 Å². The zero-order chi connectivity index (χ0) is 32.5. The molecule has 246 valence electrons. The SMILES string of the molecule is CCCCCCCC/C=C\CCCCCCCC(=O)C(C(=O)OC(F)(F)F)(c1cccc(C(F)(F)F)c1)C(O)C(O)CO. The molecule has 0 fully saturated rings. The van der Waals surface area contributed by atoms with Crippen molar-refractivity contribution < 1.29 is 56.0 Å². The van der Waals surface area contributed by atoms with E-state index >= 15 is 0 Å². The van der Waals surface area contributed by atoms with Gasteiger partial charge in [0.15, 0.2) is 11.2 Å². The van der Waals surface area contributed by atoms with E-state index in [-0.39, 0.29) is 12.5 Å². The minimum absolute atomic E-state index is 0.0503. The van der Waals surface area contributed by atoms with Gasteiger partial charge in [-0.25, -0.2) is 0 Å². The first kappa shape index (κ1) is 38.6. The number of benzene rings is 1. The number of Topliss-reactive ketones (excluding diaryl/α,β-unsaturated/α-hetero) is 1. The topological polar surface area (TPSA) is 104 Å². The molecule has 0 amide bonds. The second-order valence-corrected chi connectivity index (χ2v) is 10.7. The van der Waals surface area contributed by atoms with Gasteiger partial charge in [0, 0.05) is 6.42 Å². The Kier molecular flexibility index (Phi) is 17.1. The number of aliphatic hydroxyl groups excluding tert-OH is 3. The summed E-state index contributed by atoms with van der Waals surface area (Å²) in [5.41, 5.74) is -5.75. The zero-order valence-corrected chi connectivity index (χ0v) is 24.6. The number of alkyl halides is 6. The van der Waals surface area contributed by atoms with Gasteiger partial charge in [-0.15, -0.1) is 13.2 Å². The van der Waals surface area contributed by atoms with E-state index in [1.54, 1.807) is 0 Å². The molecule has 0 aromatic heterocycles. The number of hydrogen-bond donors (Lipinski definition) is 3. The summed E-state index contributed by atoms with van der Waals surface area (Å²) in [7, 11) is 0. The van der Waals surface area contributed by atoms with E-state index in [1.807, 2.05) is 0 Å². The third-order valence-corrected chi connectivity index (χ3v) is 7.28. The van der Waals surface area contributed by atoms with Gasteiger partial charge in [0.2, 0.25) is 0 Å². The minimum atomic E-state index is -5.66. The Bertz CT molecular complexity index is 994. The lowest BCUT2D eigenvalue weighted by molar-refractivity contribution is -0.309. The van der Waals surface area contributed by atoms with Crippen LogP contribution < -0.4 is 0 Å². The number of carbonyl (C=O) groups excluding carboxylic acids is 2. The monoisotopic (exact) mass is 626 g/mol. The second kappa shape index (κ2) is 19.1. The lowest BCUT2D eigenvalue weighted by Gasteiger charge is -2.37. The Balaban J connectivity index is 2.93. The van der Waals surface area contributed by atoms with E-state index in [9.17, 15) is 51.3 Å². The number of aliphatic hydroxyl groups is 3. The molecule has 0 heterocycles. The lowest BCUT2D eigenvalue weighted by atomic mass is 9.69. The summed E-state index contributed by atoms with van der Waals surface area (Å²) in [6, 6.07) is 2.33. The van der Waals surface area contributed by atoms with Gasteiger partial charge in [0.25, 0.3) is 0 Å². The highest BCUT2D eigenvalue weighted by Gasteiger charge is 2.58. The first-order chi connectivity index (χ1) is 20.2. The first-order valence-electron chi connectivity index (χ1n) is 14.8. The van der Waals surface area contributed by atoms with E-state index in [0.29, 0.717) is 18.9 Å². The van der Waals surface area contributed by atoms with Crippen molar-refractivity contribution >= 4 is 11.8 Å². The van der Waals surface area contributed by atoms with Crippen molar-refractivity contribution in [2.24, 2.45) is 0 Å². The quantitative estimate of drug-likeness (QED) is 0.0434. The Labute approximate surface area is 249 Å². The molecule has 0 radical (unpaired) electrons. The number of esters is 1. The predicted molar refractivity (Wildman–Crippen MR) is 149 cm³/mol. The van der Waals surface area contributed by atoms with Crippen LogP contribution in [0.25, 0.3) is 0 Å². The molecule has 43 heavy (non-hydrogen) atoms. The van der Waals surface area contributed by atoms with E-state index < -0.39 is 66.1 Å². The van der Waals surface area contributed by atoms with Gasteiger partial charge in [-0.2, -0.15) is 13.2 Å². The third-order valence-electron chi connectivity index (χ3n) is 7.28. The molecule has 0 bridgehead atoms. The number of carbonyl (C=O) groups is 2. The van der Waals surface area contributed by atoms with Gasteiger partial charge in [0.05, 0.1) is 12.2 Å². The Morgan fingerprint density at radius 1 is 0.814 bits per heavy atom. The number of halogens is 6. The maximum Gasteiger partial charge on any atom is 0.575 e. The van der Waals surface area contributed by atoms with Crippen molar-refractivity contribution in [3.05, 3.63) is 47.5 Å². The molecule has 1 aromatic carbocycles. The molecule has 0 saturated heterocycles. The van der Waals surface area contributed by atoms with Gasteiger partial charge < -0.3 is 20.1 Å². The molecule has 0 spiro atoms. The van der Waals surface area contributed by atoms with E-state index in [0.717, 1.165) is 44.2 Å². The summed E-state index contributed by atoms with van der Waals surface area (Å²) >= 11 is 0. The molecular weight excluding hydrogens is 582 g/mol. The summed E-state index contributed by atoms with van der Waals surface area (Å²) in [6.07, 6.45) is -0.103. The largest absolute Gasteiger partial charge is 0.575 e. The maximum absolute atomic E-state index is 13.4. The fourth-order valence-corrected chi connectivity index (χ4v) is 4.92. The maximum atomic E-state index is 13.4. The number of allylic oxidation sites excluding steroid dienone is 2. The van der Waals surface area contributed by atoms with E-state index in [1.165, 1.54) is 32.1 Å². The van der Waals surface area contributed by atoms with Crippen molar-refractivity contribution in [2.75, 3.05) is 6.61 Å². The summed E-state index contributed by atoms with van der Waals surface area (Å²) in [5.74, 6) is -3.78. The highest BCUT2D eigenvalue weighted by atomic mass is 19.4. The number of unbranched alkanes of at least 4 members (excludes halogenated alkanes) is 11. The molecule has 1 aromatic rings. The van der Waals surface area contributed by atoms with Gasteiger partial charge in [-0.05, 0) is 43.7 Å². The molecule has 6 nitrogen and oxygen atoms in total. The fraction of sp³-hybridized carbons (Fsp3) is 0.677. The summed E-state index contributed by atoms with van der Waals surface area (Å²) in [5, 5.41) is 30.2. The second-order valence-electron chi connectivity index (χ2n) is 10.7. The fourth-order valence-electron chi connectivity index (χ4n) is 4.92. The normalized spacial score (nSPS) is 15.3. The molecule has 1 rings (SSSR count). The van der Waals surface area contributed by atoms with Crippen molar-refractivity contribution in [1.29, 1.82) is 0 Å². The minimum Gasteiger partial charge on any atom is -0.394 e. The van der Waals surface area contributed by atoms with Crippen molar-refractivity contribution in [1.82, 2.24) is 0 Å². The number of ether oxygens (including phenoxy) is 1. The van der Waals surface area contributed by atoms with Crippen molar-refractivity contribution in [2.45, 2.75) is 127 Å². The van der Waals surface area contributed by atoms with Crippen LogP contribution in [0.4, 0.5) is 26.3 Å². The van der Waals surface area contributed by atoms with Crippen molar-refractivity contribution in [3.63, 3.8) is 0 Å². The van der Waals surface area contributed by atoms with Gasteiger partial charge in [-0.1, -0.05) is 88.6 Å². The van der Waals surface area contributed by atoms with Crippen LogP contribution >= 0.6 is 0 Å². The van der Waals surface area contributed by atoms with Gasteiger partial charge in [-0.3, -0.25) is 9.59 Å². The third kappa shape index (κ3) is 13.0. The molecule has 12 heteroatoms. The number of rotatable bonds is 21. The van der Waals surface area contributed by atoms with Crippen molar-refractivity contribution in [3.8, 4) is 0 Å². The highest BCUT2D eigenvalue weighted by Crippen LogP contribution is 2.39. The van der Waals surface area contributed by atoms with Crippen LogP contribution in [0.2, 0.25) is 0 Å². The first-order valence-corrected chi connectivity index (χ1v) is 14.8. The standard InChI is InChI=1S/C31H44F6O6/c1-2-3-4-5-6-7-8-9-10-11-12-13-14-15-16-20-26(40)29(27(41)25(39)22-38,28(42)43-31(35,36)37)23-18-17-19-24(21-23)30(32,33)34/h9-10,17-19,21,25,27,38-39,41H,2-8,11-16,20,22H2,1H3/b10-9-. The zero-order valence-electron chi connectivity index (χ0n) is 24.6. The van der Waals surface area contributed by atoms with Crippen LogP contribution in [-0.4, -0.2) is 52.2 Å². The van der Waals surface area contributed by atoms with Gasteiger partial charge in [0.1, 0.15) is 12.2 Å². The van der Waals surface area contributed by atoms with Crippen LogP contribution in [0.3, 0.4) is 0 Å². The molecule has 0 saturated carbocycles. The van der Waals surface area contributed by atoms with Crippen LogP contribution in [-0.2, 0) is 25.9 Å². The van der Waals surface area contributed by atoms with Gasteiger partial charge >= 0.3 is 18.5 Å². The number of ketones is 1. The molecule has 3 unspecified atom stereocenters. The molecule has 3 atom stereocenters. The van der Waals surface area contributed by atoms with Crippen LogP contribution in [0.15, 0.2) is 36.4 Å². The average molecular weight is 627 g/mol. The highest BCUT2D eigenvalue weighted by molar-refractivity contribution is 6.10. The lowest BCUT2D eigenvalue weighted by Crippen LogP contribution is -2.59. The smallest absolute Gasteiger partial charge is 0.394 e. The summed E-state index contributed by atoms with van der Waals surface area (Å²) in [4.78, 5) is 26.3. The van der Waals surface area contributed by atoms with Crippen LogP contribution in [0, 0.1) is 0 Å². The van der Waals surface area contributed by atoms with E-state index in [4.69, 9.17) is 0 Å². The summed E-state index contributed by atoms with van der Waals surface area (Å²) in [6.45, 7) is 0.873. The Morgan fingerprint density at radius 2 is 1.33 bits per heavy atom. The molecule has 0 aliphatic heterocycles. The van der Waals surface area contributed by atoms with E-state index in [2.05, 4.69) is 23.8 Å². The van der Waals surface area contributed by atoms with Crippen LogP contribution in [0.1, 0.15) is 108 Å². The molecular formula is C31H44F6O6. The Morgan fingerprint density at radius 3 is 1.84 bits per heavy atom. The molecule has 3 N–H and O–H groups in total.